The van der Waals surface area contributed by atoms with E-state index in [0.717, 1.165) is 11.1 Å². The predicted molar refractivity (Wildman–Crippen MR) is 122 cm³/mol. The van der Waals surface area contributed by atoms with Gasteiger partial charge >= 0.3 is 0 Å². The van der Waals surface area contributed by atoms with Crippen molar-refractivity contribution in [2.75, 3.05) is 13.1 Å². The zero-order chi connectivity index (χ0) is 22.3. The van der Waals surface area contributed by atoms with Crippen LogP contribution in [0.4, 0.5) is 0 Å². The third-order valence-corrected chi connectivity index (χ3v) is 5.07. The van der Waals surface area contributed by atoms with Crippen LogP contribution in [0.2, 0.25) is 0 Å². The number of aromatic nitrogens is 2. The fourth-order valence-corrected chi connectivity index (χ4v) is 3.53. The molecule has 3 aromatic carbocycles. The third kappa shape index (κ3) is 4.73. The van der Waals surface area contributed by atoms with Crippen LogP contribution in [0.1, 0.15) is 27.7 Å². The van der Waals surface area contributed by atoms with Crippen LogP contribution in [0.3, 0.4) is 0 Å². The number of para-hydroxylation sites is 1. The fraction of sp³-hybridized carbons (Fsp3) is 0.120. The molecule has 4 aromatic rings. The maximum absolute atomic E-state index is 13.0. The van der Waals surface area contributed by atoms with Gasteiger partial charge in [0.1, 0.15) is 0 Å². The Morgan fingerprint density at radius 1 is 0.781 bits per heavy atom. The summed E-state index contributed by atoms with van der Waals surface area (Å²) in [6.45, 7) is 0.427. The summed E-state index contributed by atoms with van der Waals surface area (Å²) in [4.78, 5) is 44.2. The Morgan fingerprint density at radius 3 is 2.00 bits per heavy atom. The number of benzene rings is 3. The molecule has 0 atom stereocenters. The largest absolute Gasteiger partial charge is 0.354 e. The Hall–Kier alpha value is -4.26. The number of aromatic amines is 1. The van der Waals surface area contributed by atoms with Crippen molar-refractivity contribution in [3.05, 3.63) is 112 Å². The van der Waals surface area contributed by atoms with Crippen molar-refractivity contribution in [1.29, 1.82) is 0 Å². The first-order chi connectivity index (χ1) is 15.6. The normalized spacial score (nSPS) is 10.8. The third-order valence-electron chi connectivity index (χ3n) is 5.07. The second-order valence-electron chi connectivity index (χ2n) is 7.23. The van der Waals surface area contributed by atoms with Gasteiger partial charge in [0, 0.05) is 13.1 Å². The number of carbonyl (C=O) groups is 2. The van der Waals surface area contributed by atoms with E-state index in [1.165, 1.54) is 0 Å². The van der Waals surface area contributed by atoms with Gasteiger partial charge in [-0.2, -0.15) is 0 Å². The second kappa shape index (κ2) is 9.70. The first-order valence-corrected chi connectivity index (χ1v) is 10.3. The molecule has 0 saturated heterocycles. The van der Waals surface area contributed by atoms with Crippen molar-refractivity contribution in [1.82, 2.24) is 20.6 Å². The highest BCUT2D eigenvalue weighted by atomic mass is 16.2. The number of hydrogen-bond acceptors (Lipinski definition) is 4. The minimum Gasteiger partial charge on any atom is -0.354 e. The van der Waals surface area contributed by atoms with Crippen LogP contribution in [-0.2, 0) is 4.79 Å². The summed E-state index contributed by atoms with van der Waals surface area (Å²) in [5, 5.41) is 5.98. The van der Waals surface area contributed by atoms with Gasteiger partial charge < -0.3 is 15.6 Å². The summed E-state index contributed by atoms with van der Waals surface area (Å²) < 4.78 is 0. The average Bonchev–Trinajstić information content (AvgIpc) is 2.83. The van der Waals surface area contributed by atoms with E-state index in [9.17, 15) is 14.4 Å². The molecule has 4 rings (SSSR count). The Balaban J connectivity index is 1.39. The van der Waals surface area contributed by atoms with Crippen LogP contribution in [0.25, 0.3) is 10.9 Å². The van der Waals surface area contributed by atoms with E-state index < -0.39 is 11.8 Å². The Labute approximate surface area is 184 Å². The number of fused-ring (bicyclic) bond motifs is 1. The number of nitrogens with zero attached hydrogens (tertiary/aromatic N) is 1. The zero-order valence-corrected chi connectivity index (χ0v) is 17.2. The van der Waals surface area contributed by atoms with Gasteiger partial charge in [-0.15, -0.1) is 0 Å². The molecular weight excluding hydrogens is 404 g/mol. The Morgan fingerprint density at radius 2 is 1.34 bits per heavy atom. The average molecular weight is 426 g/mol. The molecule has 0 fully saturated rings. The standard InChI is InChI=1S/C25H22N4O3/c30-23-19-13-7-8-14-20(19)28-22(29-23)25(32)27-16-15-26-24(31)21(17-9-3-1-4-10-17)18-11-5-2-6-12-18/h1-14,21H,15-16H2,(H,26,31)(H,27,32)(H,28,29,30). The molecule has 3 N–H and O–H groups in total. The molecule has 1 heterocycles. The monoisotopic (exact) mass is 426 g/mol. The van der Waals surface area contributed by atoms with Crippen molar-refractivity contribution < 1.29 is 9.59 Å². The molecule has 0 bridgehead atoms. The number of H-pyrrole nitrogens is 1. The Kier molecular flexibility index (Phi) is 6.36. The maximum atomic E-state index is 13.0. The minimum absolute atomic E-state index is 0.0634. The highest BCUT2D eigenvalue weighted by Crippen LogP contribution is 2.24. The lowest BCUT2D eigenvalue weighted by Crippen LogP contribution is -2.38. The number of rotatable bonds is 7. The summed E-state index contributed by atoms with van der Waals surface area (Å²) >= 11 is 0. The molecule has 32 heavy (non-hydrogen) atoms. The molecule has 0 unspecified atom stereocenters. The van der Waals surface area contributed by atoms with Crippen LogP contribution in [0.15, 0.2) is 89.7 Å². The van der Waals surface area contributed by atoms with E-state index in [0.29, 0.717) is 10.9 Å². The lowest BCUT2D eigenvalue weighted by Gasteiger charge is -2.18. The molecule has 7 heteroatoms. The minimum atomic E-state index is -0.509. The molecule has 0 spiro atoms. The van der Waals surface area contributed by atoms with Gasteiger partial charge in [-0.25, -0.2) is 4.98 Å². The molecule has 160 valence electrons. The highest BCUT2D eigenvalue weighted by molar-refractivity contribution is 5.92. The van der Waals surface area contributed by atoms with Gasteiger partial charge in [0.2, 0.25) is 5.91 Å². The summed E-state index contributed by atoms with van der Waals surface area (Å²) in [5.74, 6) is -1.18. The van der Waals surface area contributed by atoms with Crippen molar-refractivity contribution in [3.63, 3.8) is 0 Å². The number of hydrogen-bond donors (Lipinski definition) is 3. The van der Waals surface area contributed by atoms with E-state index in [2.05, 4.69) is 20.6 Å². The number of amides is 2. The SMILES string of the molecule is O=C(NCCNC(=O)C(c1ccccc1)c1ccccc1)c1nc2ccccc2c(=O)[nH]1. The van der Waals surface area contributed by atoms with Gasteiger partial charge in [-0.05, 0) is 23.3 Å². The first-order valence-electron chi connectivity index (χ1n) is 10.3. The number of carbonyl (C=O) groups excluding carboxylic acids is 2. The van der Waals surface area contributed by atoms with Gasteiger partial charge in [0.25, 0.3) is 11.5 Å². The lowest BCUT2D eigenvalue weighted by molar-refractivity contribution is -0.121. The predicted octanol–water partition coefficient (Wildman–Crippen LogP) is 2.60. The molecule has 1 aromatic heterocycles. The maximum Gasteiger partial charge on any atom is 0.287 e. The molecule has 7 nitrogen and oxygen atoms in total. The van der Waals surface area contributed by atoms with E-state index in [1.807, 2.05) is 60.7 Å². The van der Waals surface area contributed by atoms with E-state index in [-0.39, 0.29) is 30.4 Å². The summed E-state index contributed by atoms with van der Waals surface area (Å²) in [6, 6.07) is 25.9. The van der Waals surface area contributed by atoms with Crippen LogP contribution >= 0.6 is 0 Å². The van der Waals surface area contributed by atoms with Crippen molar-refractivity contribution in [2.45, 2.75) is 5.92 Å². The molecule has 0 aliphatic heterocycles. The first kappa shape index (κ1) is 21.0. The van der Waals surface area contributed by atoms with Gasteiger partial charge in [0.05, 0.1) is 16.8 Å². The second-order valence-corrected chi connectivity index (χ2v) is 7.23. The topological polar surface area (TPSA) is 104 Å². The van der Waals surface area contributed by atoms with Crippen molar-refractivity contribution >= 4 is 22.7 Å². The van der Waals surface area contributed by atoms with Crippen molar-refractivity contribution in [3.8, 4) is 0 Å². The smallest absolute Gasteiger partial charge is 0.287 e. The molecular formula is C25H22N4O3. The molecule has 0 saturated carbocycles. The van der Waals surface area contributed by atoms with Gasteiger partial charge in [-0.3, -0.25) is 14.4 Å². The molecule has 0 radical (unpaired) electrons. The Bertz CT molecular complexity index is 1250. The van der Waals surface area contributed by atoms with Crippen LogP contribution in [-0.4, -0.2) is 34.9 Å². The highest BCUT2D eigenvalue weighted by Gasteiger charge is 2.22. The summed E-state index contributed by atoms with van der Waals surface area (Å²) in [7, 11) is 0. The zero-order valence-electron chi connectivity index (χ0n) is 17.2. The van der Waals surface area contributed by atoms with Crippen LogP contribution in [0.5, 0.6) is 0 Å². The quantitative estimate of drug-likeness (QED) is 0.395. The lowest BCUT2D eigenvalue weighted by atomic mass is 9.90. The van der Waals surface area contributed by atoms with Gasteiger partial charge in [-0.1, -0.05) is 72.8 Å². The molecule has 0 aliphatic carbocycles. The van der Waals surface area contributed by atoms with E-state index in [1.54, 1.807) is 24.3 Å². The molecule has 0 aliphatic rings. The summed E-state index contributed by atoms with van der Waals surface area (Å²) in [6.07, 6.45) is 0. The fourth-order valence-electron chi connectivity index (χ4n) is 3.53. The van der Waals surface area contributed by atoms with E-state index >= 15 is 0 Å². The molecule has 2 amide bonds. The van der Waals surface area contributed by atoms with Crippen molar-refractivity contribution in [2.24, 2.45) is 0 Å². The van der Waals surface area contributed by atoms with Gasteiger partial charge in [0.15, 0.2) is 5.82 Å². The van der Waals surface area contributed by atoms with E-state index in [4.69, 9.17) is 0 Å². The van der Waals surface area contributed by atoms with Crippen LogP contribution in [0, 0.1) is 0 Å². The number of nitrogens with one attached hydrogen (secondary N) is 3. The van der Waals surface area contributed by atoms with Crippen LogP contribution < -0.4 is 16.2 Å². The summed E-state index contributed by atoms with van der Waals surface area (Å²) in [5.41, 5.74) is 1.85.